The summed E-state index contributed by atoms with van der Waals surface area (Å²) in [6.45, 7) is 5.21. The number of nitrogens with zero attached hydrogens (tertiary/aromatic N) is 1. The van der Waals surface area contributed by atoms with Crippen LogP contribution in [0.5, 0.6) is 0 Å². The van der Waals surface area contributed by atoms with Crippen molar-refractivity contribution >= 4 is 40.1 Å². The van der Waals surface area contributed by atoms with E-state index in [2.05, 4.69) is 42.4 Å². The van der Waals surface area contributed by atoms with Crippen LogP contribution in [0.3, 0.4) is 0 Å². The molecule has 0 spiro atoms. The van der Waals surface area contributed by atoms with Gasteiger partial charge in [-0.1, -0.05) is 53.2 Å². The SMILES string of the molecule is Cc1cccc(C(Cc2cc(Cl)cc(Cl)c2)NC2=NCCS2)c1C. The van der Waals surface area contributed by atoms with E-state index in [0.717, 1.165) is 29.4 Å². The first-order chi connectivity index (χ1) is 11.5. The third-order valence-corrected chi connectivity index (χ3v) is 5.61. The molecule has 2 nitrogen and oxygen atoms in total. The molecule has 0 saturated heterocycles. The summed E-state index contributed by atoms with van der Waals surface area (Å²) in [5.74, 6) is 1.05. The molecule has 0 saturated carbocycles. The molecule has 0 amide bonds. The maximum atomic E-state index is 6.17. The van der Waals surface area contributed by atoms with Gasteiger partial charge < -0.3 is 5.32 Å². The predicted molar refractivity (Wildman–Crippen MR) is 107 cm³/mol. The van der Waals surface area contributed by atoms with Gasteiger partial charge in [-0.25, -0.2) is 0 Å². The third-order valence-electron chi connectivity index (χ3n) is 4.27. The van der Waals surface area contributed by atoms with Gasteiger partial charge in [0.1, 0.15) is 0 Å². The second-order valence-electron chi connectivity index (χ2n) is 6.00. The molecule has 1 N–H and O–H groups in total. The highest BCUT2D eigenvalue weighted by atomic mass is 35.5. The number of rotatable bonds is 4. The highest BCUT2D eigenvalue weighted by Crippen LogP contribution is 2.28. The maximum Gasteiger partial charge on any atom is 0.157 e. The minimum absolute atomic E-state index is 0.142. The Balaban J connectivity index is 1.93. The molecule has 2 aromatic carbocycles. The number of hydrogen-bond donors (Lipinski definition) is 1. The molecule has 24 heavy (non-hydrogen) atoms. The van der Waals surface area contributed by atoms with Gasteiger partial charge in [0.15, 0.2) is 5.17 Å². The molecule has 1 heterocycles. The van der Waals surface area contributed by atoms with Crippen molar-refractivity contribution in [3.05, 3.63) is 68.7 Å². The molecule has 1 aliphatic rings. The quantitative estimate of drug-likeness (QED) is 0.749. The van der Waals surface area contributed by atoms with Gasteiger partial charge in [0.2, 0.25) is 0 Å². The van der Waals surface area contributed by atoms with E-state index in [0.29, 0.717) is 10.0 Å². The van der Waals surface area contributed by atoms with Gasteiger partial charge >= 0.3 is 0 Å². The van der Waals surface area contributed by atoms with Crippen LogP contribution in [0.2, 0.25) is 10.0 Å². The van der Waals surface area contributed by atoms with Gasteiger partial charge in [0, 0.05) is 15.8 Å². The highest BCUT2D eigenvalue weighted by Gasteiger charge is 2.19. The van der Waals surface area contributed by atoms with Gasteiger partial charge in [0.25, 0.3) is 0 Å². The van der Waals surface area contributed by atoms with Crippen molar-refractivity contribution in [3.63, 3.8) is 0 Å². The van der Waals surface area contributed by atoms with Crippen molar-refractivity contribution in [2.45, 2.75) is 26.3 Å². The van der Waals surface area contributed by atoms with Crippen molar-refractivity contribution in [3.8, 4) is 0 Å². The van der Waals surface area contributed by atoms with E-state index in [1.165, 1.54) is 16.7 Å². The lowest BCUT2D eigenvalue weighted by Gasteiger charge is -2.23. The van der Waals surface area contributed by atoms with E-state index >= 15 is 0 Å². The average molecular weight is 379 g/mol. The first-order valence-corrected chi connectivity index (χ1v) is 9.72. The second kappa shape index (κ2) is 7.81. The van der Waals surface area contributed by atoms with Crippen LogP contribution in [0, 0.1) is 13.8 Å². The lowest BCUT2D eigenvalue weighted by molar-refractivity contribution is 0.643. The Morgan fingerprint density at radius 3 is 2.58 bits per heavy atom. The van der Waals surface area contributed by atoms with E-state index in [4.69, 9.17) is 23.2 Å². The summed E-state index contributed by atoms with van der Waals surface area (Å²) in [6, 6.07) is 12.3. The van der Waals surface area contributed by atoms with Crippen molar-refractivity contribution in [2.75, 3.05) is 12.3 Å². The van der Waals surface area contributed by atoms with E-state index in [9.17, 15) is 0 Å². The molecule has 126 valence electrons. The number of hydrogen-bond acceptors (Lipinski definition) is 3. The normalized spacial score (nSPS) is 15.2. The molecule has 2 aromatic rings. The molecule has 0 aliphatic carbocycles. The fourth-order valence-corrected chi connectivity index (χ4v) is 4.28. The van der Waals surface area contributed by atoms with Crippen LogP contribution in [-0.2, 0) is 6.42 Å². The van der Waals surface area contributed by atoms with Gasteiger partial charge in [-0.15, -0.1) is 0 Å². The molecule has 3 rings (SSSR count). The molecule has 1 aliphatic heterocycles. The Morgan fingerprint density at radius 2 is 1.92 bits per heavy atom. The summed E-state index contributed by atoms with van der Waals surface area (Å²) in [5.41, 5.74) is 5.02. The van der Waals surface area contributed by atoms with Gasteiger partial charge in [0.05, 0.1) is 12.6 Å². The first kappa shape index (κ1) is 17.7. The van der Waals surface area contributed by atoms with Crippen LogP contribution in [0.15, 0.2) is 41.4 Å². The summed E-state index contributed by atoms with van der Waals surface area (Å²) in [5, 5.41) is 5.98. The lowest BCUT2D eigenvalue weighted by atomic mass is 9.93. The van der Waals surface area contributed by atoms with Crippen LogP contribution in [0.4, 0.5) is 0 Å². The standard InChI is InChI=1S/C19H20Cl2N2S/c1-12-4-3-5-17(13(12)2)18(23-19-22-6-7-24-19)10-14-8-15(20)11-16(21)9-14/h3-5,8-9,11,18H,6-7,10H2,1-2H3,(H,22,23). The number of amidine groups is 1. The second-order valence-corrected chi connectivity index (χ2v) is 7.96. The van der Waals surface area contributed by atoms with Gasteiger partial charge in [-0.3, -0.25) is 4.99 Å². The van der Waals surface area contributed by atoms with Crippen LogP contribution in [0.25, 0.3) is 0 Å². The Bertz CT molecular complexity index is 754. The molecule has 0 radical (unpaired) electrons. The molecule has 0 aromatic heterocycles. The Kier molecular flexibility index (Phi) is 5.75. The Morgan fingerprint density at radius 1 is 1.17 bits per heavy atom. The zero-order valence-corrected chi connectivity index (χ0v) is 16.1. The number of aliphatic imine (C=N–C) groups is 1. The van der Waals surface area contributed by atoms with Crippen LogP contribution < -0.4 is 5.32 Å². The number of thioether (sulfide) groups is 1. The summed E-state index contributed by atoms with van der Waals surface area (Å²) >= 11 is 14.1. The maximum absolute atomic E-state index is 6.17. The molecule has 5 heteroatoms. The monoisotopic (exact) mass is 378 g/mol. The molecule has 0 fully saturated rings. The van der Waals surface area contributed by atoms with Crippen molar-refractivity contribution in [1.82, 2.24) is 5.32 Å². The summed E-state index contributed by atoms with van der Waals surface area (Å²) in [7, 11) is 0. The molecular weight excluding hydrogens is 359 g/mol. The third kappa shape index (κ3) is 4.27. The number of benzene rings is 2. The predicted octanol–water partition coefficient (Wildman–Crippen LogP) is 5.59. The zero-order valence-electron chi connectivity index (χ0n) is 13.8. The number of nitrogens with one attached hydrogen (secondary N) is 1. The summed E-state index contributed by atoms with van der Waals surface area (Å²) in [4.78, 5) is 4.55. The lowest BCUT2D eigenvalue weighted by Crippen LogP contribution is -2.28. The highest BCUT2D eigenvalue weighted by molar-refractivity contribution is 8.14. The summed E-state index contributed by atoms with van der Waals surface area (Å²) in [6.07, 6.45) is 0.810. The molecule has 0 bridgehead atoms. The van der Waals surface area contributed by atoms with Crippen molar-refractivity contribution in [2.24, 2.45) is 4.99 Å². The Hall–Kier alpha value is -1.16. The molecule has 1 atom stereocenters. The molecule has 1 unspecified atom stereocenters. The minimum Gasteiger partial charge on any atom is -0.358 e. The number of halogens is 2. The minimum atomic E-state index is 0.142. The van der Waals surface area contributed by atoms with E-state index in [-0.39, 0.29) is 6.04 Å². The smallest absolute Gasteiger partial charge is 0.157 e. The largest absolute Gasteiger partial charge is 0.358 e. The Labute approximate surface area is 157 Å². The topological polar surface area (TPSA) is 24.4 Å². The zero-order chi connectivity index (χ0) is 17.1. The van der Waals surface area contributed by atoms with Crippen LogP contribution in [0.1, 0.15) is 28.3 Å². The van der Waals surface area contributed by atoms with Crippen LogP contribution in [-0.4, -0.2) is 17.5 Å². The van der Waals surface area contributed by atoms with E-state index < -0.39 is 0 Å². The fraction of sp³-hybridized carbons (Fsp3) is 0.316. The van der Waals surface area contributed by atoms with Gasteiger partial charge in [-0.05, 0) is 60.7 Å². The van der Waals surface area contributed by atoms with Crippen molar-refractivity contribution in [1.29, 1.82) is 0 Å². The first-order valence-electron chi connectivity index (χ1n) is 7.98. The van der Waals surface area contributed by atoms with E-state index in [1.54, 1.807) is 17.8 Å². The van der Waals surface area contributed by atoms with Crippen molar-refractivity contribution < 1.29 is 0 Å². The summed E-state index contributed by atoms with van der Waals surface area (Å²) < 4.78 is 0. The van der Waals surface area contributed by atoms with Gasteiger partial charge in [-0.2, -0.15) is 0 Å². The number of aryl methyl sites for hydroxylation is 1. The van der Waals surface area contributed by atoms with E-state index in [1.807, 2.05) is 12.1 Å². The average Bonchev–Trinajstić information content (AvgIpc) is 3.01. The fourth-order valence-electron chi connectivity index (χ4n) is 2.93. The van der Waals surface area contributed by atoms with Crippen LogP contribution >= 0.6 is 35.0 Å². The molecular formula is C19H20Cl2N2S.